The monoisotopic (exact) mass is 261 g/mol. The third-order valence-corrected chi connectivity index (χ3v) is 3.87. The van der Waals surface area contributed by atoms with Gasteiger partial charge >= 0.3 is 5.97 Å². The van der Waals surface area contributed by atoms with Crippen molar-refractivity contribution in [2.75, 3.05) is 6.54 Å². The highest BCUT2D eigenvalue weighted by atomic mass is 16.4. The molecule has 0 unspecified atom stereocenters. The van der Waals surface area contributed by atoms with Gasteiger partial charge in [-0.05, 0) is 24.8 Å². The zero-order chi connectivity index (χ0) is 13.9. The summed E-state index contributed by atoms with van der Waals surface area (Å²) in [4.78, 5) is 23.0. The smallest absolute Gasteiger partial charge is 0.319 e. The van der Waals surface area contributed by atoms with E-state index in [2.05, 4.69) is 12.2 Å². The average Bonchev–Trinajstić information content (AvgIpc) is 3.22. The standard InChI is InChI=1S/C15H19NO3/c1-2-11(12-6-4-3-5-7-12)10-16-13(17)15(8-9-15)14(18)19/h3-7,11H,2,8-10H2,1H3,(H,16,17)(H,18,19)/t11-/m0/s1. The van der Waals surface area contributed by atoms with Gasteiger partial charge in [0.05, 0.1) is 0 Å². The van der Waals surface area contributed by atoms with Crippen molar-refractivity contribution in [3.8, 4) is 0 Å². The highest BCUT2D eigenvalue weighted by Crippen LogP contribution is 2.46. The first-order chi connectivity index (χ1) is 9.10. The number of hydrogen-bond donors (Lipinski definition) is 2. The van der Waals surface area contributed by atoms with Crippen molar-refractivity contribution in [2.45, 2.75) is 32.1 Å². The van der Waals surface area contributed by atoms with Crippen molar-refractivity contribution in [2.24, 2.45) is 5.41 Å². The van der Waals surface area contributed by atoms with Gasteiger partial charge in [0.25, 0.3) is 0 Å². The maximum atomic E-state index is 11.9. The lowest BCUT2D eigenvalue weighted by atomic mass is 9.96. The summed E-state index contributed by atoms with van der Waals surface area (Å²) in [5.74, 6) is -1.11. The summed E-state index contributed by atoms with van der Waals surface area (Å²) < 4.78 is 0. The number of carboxylic acids is 1. The lowest BCUT2D eigenvalue weighted by Gasteiger charge is -2.18. The molecule has 0 aliphatic heterocycles. The molecule has 1 atom stereocenters. The molecule has 0 aromatic heterocycles. The predicted octanol–water partition coefficient (Wildman–Crippen LogP) is 2.16. The van der Waals surface area contributed by atoms with Crippen molar-refractivity contribution in [3.05, 3.63) is 35.9 Å². The van der Waals surface area contributed by atoms with Gasteiger partial charge in [-0.25, -0.2) is 0 Å². The summed E-state index contributed by atoms with van der Waals surface area (Å²) in [5, 5.41) is 11.8. The number of aliphatic carboxylic acids is 1. The Morgan fingerprint density at radius 1 is 1.32 bits per heavy atom. The Kier molecular flexibility index (Phi) is 3.88. The molecule has 1 amide bonds. The minimum absolute atomic E-state index is 0.231. The first-order valence-electron chi connectivity index (χ1n) is 6.67. The van der Waals surface area contributed by atoms with E-state index in [1.165, 1.54) is 5.56 Å². The normalized spacial score (nSPS) is 17.5. The van der Waals surface area contributed by atoms with Crippen LogP contribution in [0.3, 0.4) is 0 Å². The van der Waals surface area contributed by atoms with E-state index >= 15 is 0 Å². The van der Waals surface area contributed by atoms with Crippen molar-refractivity contribution < 1.29 is 14.7 Å². The highest BCUT2D eigenvalue weighted by molar-refractivity contribution is 6.04. The van der Waals surface area contributed by atoms with Gasteiger partial charge in [0, 0.05) is 12.5 Å². The number of carbonyl (C=O) groups is 2. The molecular weight excluding hydrogens is 242 g/mol. The molecule has 0 heterocycles. The van der Waals surface area contributed by atoms with Crippen LogP contribution in [0.15, 0.2) is 30.3 Å². The van der Waals surface area contributed by atoms with Crippen LogP contribution in [0.5, 0.6) is 0 Å². The van der Waals surface area contributed by atoms with Crippen LogP contribution < -0.4 is 5.32 Å². The van der Waals surface area contributed by atoms with E-state index in [1.807, 2.05) is 30.3 Å². The lowest BCUT2D eigenvalue weighted by Crippen LogP contribution is -2.38. The molecule has 2 N–H and O–H groups in total. The van der Waals surface area contributed by atoms with Crippen LogP contribution in [0.1, 0.15) is 37.7 Å². The summed E-state index contributed by atoms with van der Waals surface area (Å²) in [5.41, 5.74) is 0.0279. The second-order valence-electron chi connectivity index (χ2n) is 5.11. The largest absolute Gasteiger partial charge is 0.480 e. The fourth-order valence-electron chi connectivity index (χ4n) is 2.27. The van der Waals surface area contributed by atoms with Crippen LogP contribution in [0.25, 0.3) is 0 Å². The third kappa shape index (κ3) is 2.78. The van der Waals surface area contributed by atoms with Gasteiger partial charge in [0.15, 0.2) is 0 Å². The van der Waals surface area contributed by atoms with E-state index < -0.39 is 11.4 Å². The molecular formula is C15H19NO3. The fourth-order valence-corrected chi connectivity index (χ4v) is 2.27. The van der Waals surface area contributed by atoms with Crippen molar-refractivity contribution in [3.63, 3.8) is 0 Å². The zero-order valence-corrected chi connectivity index (χ0v) is 11.1. The molecule has 1 aromatic carbocycles. The third-order valence-electron chi connectivity index (χ3n) is 3.87. The quantitative estimate of drug-likeness (QED) is 0.771. The molecule has 1 fully saturated rings. The summed E-state index contributed by atoms with van der Waals surface area (Å²) >= 11 is 0. The first-order valence-corrected chi connectivity index (χ1v) is 6.67. The second-order valence-corrected chi connectivity index (χ2v) is 5.11. The van der Waals surface area contributed by atoms with Crippen LogP contribution >= 0.6 is 0 Å². The van der Waals surface area contributed by atoms with E-state index in [1.54, 1.807) is 0 Å². The Morgan fingerprint density at radius 3 is 2.42 bits per heavy atom. The molecule has 0 saturated heterocycles. The van der Waals surface area contributed by atoms with Crippen molar-refractivity contribution >= 4 is 11.9 Å². The first kappa shape index (κ1) is 13.6. The molecule has 2 rings (SSSR count). The molecule has 4 nitrogen and oxygen atoms in total. The molecule has 1 saturated carbocycles. The number of hydrogen-bond acceptors (Lipinski definition) is 2. The van der Waals surface area contributed by atoms with E-state index in [-0.39, 0.29) is 11.8 Å². The maximum absolute atomic E-state index is 11.9. The van der Waals surface area contributed by atoms with E-state index in [4.69, 9.17) is 5.11 Å². The highest BCUT2D eigenvalue weighted by Gasteiger charge is 2.56. The molecule has 1 aromatic rings. The SMILES string of the molecule is CC[C@@H](CNC(=O)C1(C(=O)O)CC1)c1ccccc1. The van der Waals surface area contributed by atoms with Gasteiger partial charge < -0.3 is 10.4 Å². The van der Waals surface area contributed by atoms with Gasteiger partial charge in [0.1, 0.15) is 5.41 Å². The summed E-state index contributed by atoms with van der Waals surface area (Å²) in [6.45, 7) is 2.56. The summed E-state index contributed by atoms with van der Waals surface area (Å²) in [7, 11) is 0. The molecule has 1 aliphatic carbocycles. The fraction of sp³-hybridized carbons (Fsp3) is 0.467. The number of benzene rings is 1. The lowest BCUT2D eigenvalue weighted by molar-refractivity contribution is -0.149. The van der Waals surface area contributed by atoms with Crippen LogP contribution in [-0.4, -0.2) is 23.5 Å². The van der Waals surface area contributed by atoms with Gasteiger partial charge in [-0.15, -0.1) is 0 Å². The predicted molar refractivity (Wildman–Crippen MR) is 71.8 cm³/mol. The average molecular weight is 261 g/mol. The number of rotatable bonds is 6. The zero-order valence-electron chi connectivity index (χ0n) is 11.1. The number of nitrogens with one attached hydrogen (secondary N) is 1. The topological polar surface area (TPSA) is 66.4 Å². The maximum Gasteiger partial charge on any atom is 0.319 e. The molecule has 1 aliphatic rings. The Balaban J connectivity index is 1.94. The van der Waals surface area contributed by atoms with E-state index in [9.17, 15) is 9.59 Å². The molecule has 4 heteroatoms. The van der Waals surface area contributed by atoms with Gasteiger partial charge in [-0.2, -0.15) is 0 Å². The van der Waals surface area contributed by atoms with E-state index in [0.717, 1.165) is 6.42 Å². The van der Waals surface area contributed by atoms with Crippen molar-refractivity contribution in [1.82, 2.24) is 5.32 Å². The molecule has 0 radical (unpaired) electrons. The minimum atomic E-state index is -1.14. The van der Waals surface area contributed by atoms with Gasteiger partial charge in [0.2, 0.25) is 5.91 Å². The van der Waals surface area contributed by atoms with Crippen LogP contribution in [0.2, 0.25) is 0 Å². The summed E-state index contributed by atoms with van der Waals surface area (Å²) in [6, 6.07) is 9.96. The number of amides is 1. The number of carboxylic acid groups (broad SMARTS) is 1. The van der Waals surface area contributed by atoms with Gasteiger partial charge in [-0.1, -0.05) is 37.3 Å². The van der Waals surface area contributed by atoms with Crippen LogP contribution in [0, 0.1) is 5.41 Å². The Labute approximate surface area is 112 Å². The van der Waals surface area contributed by atoms with Crippen LogP contribution in [0.4, 0.5) is 0 Å². The summed E-state index contributed by atoms with van der Waals surface area (Å²) in [6.07, 6.45) is 1.82. The Hall–Kier alpha value is -1.84. The molecule has 19 heavy (non-hydrogen) atoms. The van der Waals surface area contributed by atoms with E-state index in [0.29, 0.717) is 19.4 Å². The molecule has 102 valence electrons. The van der Waals surface area contributed by atoms with Crippen molar-refractivity contribution in [1.29, 1.82) is 0 Å². The second kappa shape index (κ2) is 5.43. The number of carbonyl (C=O) groups excluding carboxylic acids is 1. The Morgan fingerprint density at radius 2 is 1.95 bits per heavy atom. The minimum Gasteiger partial charge on any atom is -0.480 e. The van der Waals surface area contributed by atoms with Gasteiger partial charge in [-0.3, -0.25) is 9.59 Å². The Bertz CT molecular complexity index is 466. The molecule has 0 bridgehead atoms. The molecule has 0 spiro atoms. The van der Waals surface area contributed by atoms with Crippen LogP contribution in [-0.2, 0) is 9.59 Å².